The second-order valence-corrected chi connectivity index (χ2v) is 2.77. The largest absolute Gasteiger partial charge is 0.325 e. The maximum Gasteiger partial charge on any atom is 0.0378 e. The molecule has 2 heteroatoms. The van der Waals surface area contributed by atoms with Crippen LogP contribution in [0.1, 0.15) is 25.7 Å². The number of nitrogens with one attached hydrogen (secondary N) is 2. The topological polar surface area (TPSA) is 24.1 Å². The van der Waals surface area contributed by atoms with Crippen molar-refractivity contribution in [3.63, 3.8) is 0 Å². The molecule has 1 aliphatic carbocycles. The molecule has 2 aliphatic rings. The third kappa shape index (κ3) is 0.833. The van der Waals surface area contributed by atoms with Gasteiger partial charge in [-0.2, -0.15) is 0 Å². The highest BCUT2D eigenvalue weighted by Crippen LogP contribution is 2.23. The Labute approximate surface area is 55.3 Å². The van der Waals surface area contributed by atoms with E-state index in [0.717, 1.165) is 6.54 Å². The normalized spacial score (nSPS) is 25.8. The monoisotopic (exact) mass is 124 g/mol. The lowest BCUT2D eigenvalue weighted by molar-refractivity contribution is 0.641. The van der Waals surface area contributed by atoms with Gasteiger partial charge < -0.3 is 5.43 Å². The van der Waals surface area contributed by atoms with Crippen LogP contribution in [0.4, 0.5) is 0 Å². The predicted octanol–water partition coefficient (Wildman–Crippen LogP) is 0.922. The van der Waals surface area contributed by atoms with Crippen molar-refractivity contribution in [2.24, 2.45) is 0 Å². The number of hydrogen-bond acceptors (Lipinski definition) is 2. The third-order valence-electron chi connectivity index (χ3n) is 2.12. The summed E-state index contributed by atoms with van der Waals surface area (Å²) in [6.45, 7) is 1.08. The first-order valence-electron chi connectivity index (χ1n) is 3.66. The van der Waals surface area contributed by atoms with Crippen LogP contribution in [-0.4, -0.2) is 6.54 Å². The van der Waals surface area contributed by atoms with Crippen molar-refractivity contribution in [3.05, 3.63) is 11.3 Å². The fourth-order valence-corrected chi connectivity index (χ4v) is 1.57. The molecular weight excluding hydrogens is 112 g/mol. The van der Waals surface area contributed by atoms with E-state index in [1.165, 1.54) is 31.4 Å². The summed E-state index contributed by atoms with van der Waals surface area (Å²) >= 11 is 0. The van der Waals surface area contributed by atoms with Crippen molar-refractivity contribution in [3.8, 4) is 0 Å². The van der Waals surface area contributed by atoms with Crippen LogP contribution in [0.2, 0.25) is 0 Å². The van der Waals surface area contributed by atoms with E-state index in [4.69, 9.17) is 0 Å². The summed E-state index contributed by atoms with van der Waals surface area (Å²) in [5.74, 6) is 0. The van der Waals surface area contributed by atoms with Crippen molar-refractivity contribution in [2.75, 3.05) is 6.54 Å². The number of hydrogen-bond donors (Lipinski definition) is 2. The Hall–Kier alpha value is -0.500. The van der Waals surface area contributed by atoms with E-state index < -0.39 is 0 Å². The van der Waals surface area contributed by atoms with E-state index in [1.54, 1.807) is 5.57 Å². The number of rotatable bonds is 0. The molecule has 50 valence electrons. The lowest BCUT2D eigenvalue weighted by atomic mass is 9.98. The van der Waals surface area contributed by atoms with Gasteiger partial charge in [-0.05, 0) is 31.3 Å². The molecule has 1 heterocycles. The van der Waals surface area contributed by atoms with Gasteiger partial charge in [-0.15, -0.1) is 0 Å². The van der Waals surface area contributed by atoms with Gasteiger partial charge in [0.2, 0.25) is 0 Å². The van der Waals surface area contributed by atoms with Crippen molar-refractivity contribution >= 4 is 0 Å². The van der Waals surface area contributed by atoms with E-state index in [-0.39, 0.29) is 0 Å². The molecule has 1 aliphatic heterocycles. The van der Waals surface area contributed by atoms with E-state index in [2.05, 4.69) is 10.9 Å². The quantitative estimate of drug-likeness (QED) is 0.502. The van der Waals surface area contributed by atoms with Crippen LogP contribution in [0, 0.1) is 0 Å². The molecule has 0 spiro atoms. The lowest BCUT2D eigenvalue weighted by Crippen LogP contribution is -2.23. The first kappa shape index (κ1) is 5.30. The Morgan fingerprint density at radius 3 is 2.89 bits per heavy atom. The van der Waals surface area contributed by atoms with Gasteiger partial charge in [0.05, 0.1) is 0 Å². The van der Waals surface area contributed by atoms with Crippen LogP contribution in [0.3, 0.4) is 0 Å². The van der Waals surface area contributed by atoms with Crippen LogP contribution in [0.25, 0.3) is 0 Å². The first-order chi connectivity index (χ1) is 4.47. The van der Waals surface area contributed by atoms with E-state index in [1.807, 2.05) is 0 Å². The van der Waals surface area contributed by atoms with Crippen LogP contribution < -0.4 is 10.9 Å². The van der Waals surface area contributed by atoms with Gasteiger partial charge in [-0.1, -0.05) is 0 Å². The molecule has 0 aromatic rings. The van der Waals surface area contributed by atoms with E-state index >= 15 is 0 Å². The molecule has 2 nitrogen and oxygen atoms in total. The maximum atomic E-state index is 3.19. The fourth-order valence-electron chi connectivity index (χ4n) is 1.57. The van der Waals surface area contributed by atoms with Gasteiger partial charge in [0.15, 0.2) is 0 Å². The average molecular weight is 124 g/mol. The van der Waals surface area contributed by atoms with Crippen LogP contribution in [-0.2, 0) is 0 Å². The molecular formula is C7H12N2. The van der Waals surface area contributed by atoms with Gasteiger partial charge in [-0.3, -0.25) is 0 Å². The highest BCUT2D eigenvalue weighted by atomic mass is 15.4. The minimum absolute atomic E-state index is 1.08. The van der Waals surface area contributed by atoms with E-state index in [0.29, 0.717) is 0 Å². The molecule has 0 bridgehead atoms. The van der Waals surface area contributed by atoms with Crippen molar-refractivity contribution < 1.29 is 0 Å². The molecule has 0 unspecified atom stereocenters. The Morgan fingerprint density at radius 2 is 2.00 bits per heavy atom. The summed E-state index contributed by atoms with van der Waals surface area (Å²) in [4.78, 5) is 0. The van der Waals surface area contributed by atoms with E-state index in [9.17, 15) is 0 Å². The van der Waals surface area contributed by atoms with Crippen molar-refractivity contribution in [2.45, 2.75) is 25.7 Å². The van der Waals surface area contributed by atoms with Gasteiger partial charge in [0, 0.05) is 12.2 Å². The van der Waals surface area contributed by atoms with Crippen LogP contribution >= 0.6 is 0 Å². The molecule has 0 radical (unpaired) electrons. The Kier molecular flexibility index (Phi) is 1.19. The summed E-state index contributed by atoms with van der Waals surface area (Å²) < 4.78 is 0. The van der Waals surface area contributed by atoms with Crippen LogP contribution in [0.15, 0.2) is 11.3 Å². The summed E-state index contributed by atoms with van der Waals surface area (Å²) in [6.07, 6.45) is 5.34. The minimum atomic E-state index is 1.08. The Morgan fingerprint density at radius 1 is 1.11 bits per heavy atom. The van der Waals surface area contributed by atoms with Crippen molar-refractivity contribution in [1.82, 2.24) is 10.9 Å². The van der Waals surface area contributed by atoms with Crippen molar-refractivity contribution in [1.29, 1.82) is 0 Å². The zero-order valence-electron chi connectivity index (χ0n) is 5.54. The smallest absolute Gasteiger partial charge is 0.0378 e. The minimum Gasteiger partial charge on any atom is -0.325 e. The number of hydrazine groups is 1. The molecule has 0 fully saturated rings. The summed E-state index contributed by atoms with van der Waals surface area (Å²) in [5.41, 5.74) is 9.41. The van der Waals surface area contributed by atoms with Gasteiger partial charge in [-0.25, -0.2) is 5.43 Å². The fraction of sp³-hybridized carbons (Fsp3) is 0.714. The van der Waals surface area contributed by atoms with Gasteiger partial charge in [0.1, 0.15) is 0 Å². The highest BCUT2D eigenvalue weighted by Gasteiger charge is 2.15. The molecule has 0 amide bonds. The lowest BCUT2D eigenvalue weighted by Gasteiger charge is -2.11. The molecule has 0 atom stereocenters. The SMILES string of the molecule is C1CCC2=C(C1)CNN2. The maximum absolute atomic E-state index is 3.19. The second kappa shape index (κ2) is 2.03. The molecule has 2 N–H and O–H groups in total. The zero-order valence-corrected chi connectivity index (χ0v) is 5.54. The summed E-state index contributed by atoms with van der Waals surface area (Å²) in [6, 6.07) is 0. The molecule has 2 rings (SSSR count). The molecule has 0 aromatic carbocycles. The van der Waals surface area contributed by atoms with Gasteiger partial charge in [0.25, 0.3) is 0 Å². The summed E-state index contributed by atoms with van der Waals surface area (Å²) in [5, 5.41) is 0. The zero-order chi connectivity index (χ0) is 6.10. The predicted molar refractivity (Wildman–Crippen MR) is 36.6 cm³/mol. The molecule has 0 aromatic heterocycles. The molecule has 0 saturated carbocycles. The Bertz CT molecular complexity index is 133. The second-order valence-electron chi connectivity index (χ2n) is 2.77. The number of allylic oxidation sites excluding steroid dienone is 1. The third-order valence-corrected chi connectivity index (χ3v) is 2.12. The standard InChI is InChI=1S/C7H12N2/c1-2-4-7-6(3-1)5-8-9-7/h8-9H,1-5H2. The van der Waals surface area contributed by atoms with Crippen LogP contribution in [0.5, 0.6) is 0 Å². The summed E-state index contributed by atoms with van der Waals surface area (Å²) in [7, 11) is 0. The highest BCUT2D eigenvalue weighted by molar-refractivity contribution is 5.19. The first-order valence-corrected chi connectivity index (χ1v) is 3.66. The van der Waals surface area contributed by atoms with Gasteiger partial charge >= 0.3 is 0 Å². The average Bonchev–Trinajstić information content (AvgIpc) is 2.33. The molecule has 9 heavy (non-hydrogen) atoms. The molecule has 0 saturated heterocycles. The Balaban J connectivity index is 2.17.